The van der Waals surface area contributed by atoms with E-state index in [0.717, 1.165) is 24.1 Å². The van der Waals surface area contributed by atoms with Gasteiger partial charge in [0.05, 0.1) is 11.6 Å². The molecule has 0 aliphatic heterocycles. The van der Waals surface area contributed by atoms with Gasteiger partial charge in [-0.15, -0.1) is 6.58 Å². The number of aryl methyl sites for hydroxylation is 1. The first kappa shape index (κ1) is 24.3. The number of unbranched alkanes of at least 4 members (excludes halogenated alkanes) is 1. The number of halogens is 1. The van der Waals surface area contributed by atoms with E-state index in [1.165, 1.54) is 6.07 Å². The molecule has 1 aromatic carbocycles. The van der Waals surface area contributed by atoms with Crippen LogP contribution < -0.4 is 10.2 Å². The number of carbonyl (C=O) groups is 1. The Hall–Kier alpha value is -2.69. The topological polar surface area (TPSA) is 56.2 Å². The number of nitrogens with one attached hydrogen (secondary N) is 2. The van der Waals surface area contributed by atoms with Gasteiger partial charge in [0.25, 0.3) is 0 Å². The van der Waals surface area contributed by atoms with Gasteiger partial charge in [-0.3, -0.25) is 10.2 Å². The maximum atomic E-state index is 14.5. The summed E-state index contributed by atoms with van der Waals surface area (Å²) in [6.45, 7) is 10.2. The molecule has 0 radical (unpaired) electrons. The van der Waals surface area contributed by atoms with Gasteiger partial charge in [0.1, 0.15) is 17.4 Å². The van der Waals surface area contributed by atoms with Crippen molar-refractivity contribution in [2.24, 2.45) is 5.92 Å². The number of hydrogen-bond acceptors (Lipinski definition) is 3. The molecule has 0 heterocycles. The Morgan fingerprint density at radius 1 is 1.38 bits per heavy atom. The molecule has 1 rings (SSSR count). The monoisotopic (exact) mass is 399 g/mol. The van der Waals surface area contributed by atoms with Crippen molar-refractivity contribution < 1.29 is 9.18 Å². The fourth-order valence-corrected chi connectivity index (χ4v) is 2.93. The first-order chi connectivity index (χ1) is 13.8. The lowest BCUT2D eigenvalue weighted by molar-refractivity contribution is -0.120. The highest BCUT2D eigenvalue weighted by Crippen LogP contribution is 2.25. The van der Waals surface area contributed by atoms with Crippen molar-refractivity contribution in [2.75, 3.05) is 18.5 Å². The molecule has 1 unspecified atom stereocenters. The highest BCUT2D eigenvalue weighted by molar-refractivity contribution is 5.98. The molecule has 4 nitrogen and oxygen atoms in total. The van der Waals surface area contributed by atoms with Crippen LogP contribution in [0.5, 0.6) is 0 Å². The summed E-state index contributed by atoms with van der Waals surface area (Å²) >= 11 is 0. The molecule has 158 valence electrons. The van der Waals surface area contributed by atoms with Gasteiger partial charge in [0, 0.05) is 32.1 Å². The molecule has 1 atom stereocenters. The van der Waals surface area contributed by atoms with Crippen molar-refractivity contribution >= 4 is 17.3 Å². The van der Waals surface area contributed by atoms with Crippen LogP contribution in [0.1, 0.15) is 45.1 Å². The lowest BCUT2D eigenvalue weighted by atomic mass is 9.99. The smallest absolute Gasteiger partial charge is 0.147 e. The van der Waals surface area contributed by atoms with Crippen molar-refractivity contribution in [3.63, 3.8) is 0 Å². The van der Waals surface area contributed by atoms with Gasteiger partial charge in [-0.1, -0.05) is 43.7 Å². The molecule has 0 aliphatic carbocycles. The standard InChI is InChI=1S/C24H34FN3O/c1-6-8-17-28(24-18(3)11-9-14-21(24)25)23(26)16-15-22(29)20(7-2)13-10-12-19(4)27-5/h7,9-14,20,26-27H,2,6,8,15-17H2,1,3-5H3/b13-10?,19-12+,26-23?. The second-order valence-electron chi connectivity index (χ2n) is 7.07. The number of Topliss-reactive ketones (excluding diaryl/α,β-unsaturated/α-hetero) is 1. The second kappa shape index (κ2) is 12.7. The van der Waals surface area contributed by atoms with Crippen LogP contribution in [0.15, 0.2) is 54.8 Å². The molecule has 1 aromatic rings. The third-order valence-electron chi connectivity index (χ3n) is 4.81. The summed E-state index contributed by atoms with van der Waals surface area (Å²) in [4.78, 5) is 14.3. The Balaban J connectivity index is 2.86. The second-order valence-corrected chi connectivity index (χ2v) is 7.07. The summed E-state index contributed by atoms with van der Waals surface area (Å²) in [7, 11) is 1.84. The number of allylic oxidation sites excluding steroid dienone is 5. The largest absolute Gasteiger partial charge is 0.392 e. The highest BCUT2D eigenvalue weighted by Gasteiger charge is 2.20. The quantitative estimate of drug-likeness (QED) is 0.210. The zero-order chi connectivity index (χ0) is 21.8. The summed E-state index contributed by atoms with van der Waals surface area (Å²) in [5.74, 6) is -0.478. The Kier molecular flexibility index (Phi) is 10.7. The van der Waals surface area contributed by atoms with E-state index in [1.807, 2.05) is 39.1 Å². The number of rotatable bonds is 12. The minimum absolute atomic E-state index is 0.00259. The molecule has 0 aliphatic rings. The van der Waals surface area contributed by atoms with Gasteiger partial charge in [-0.25, -0.2) is 4.39 Å². The van der Waals surface area contributed by atoms with E-state index in [9.17, 15) is 9.18 Å². The summed E-state index contributed by atoms with van der Waals surface area (Å²) in [5, 5.41) is 11.5. The number of amidine groups is 1. The van der Waals surface area contributed by atoms with Crippen molar-refractivity contribution in [1.82, 2.24) is 5.32 Å². The number of carbonyl (C=O) groups excluding carboxylic acids is 1. The maximum Gasteiger partial charge on any atom is 0.147 e. The molecule has 0 bridgehead atoms. The Labute approximate surface area is 174 Å². The van der Waals surface area contributed by atoms with Gasteiger partial charge >= 0.3 is 0 Å². The number of nitrogens with zero attached hydrogens (tertiary/aromatic N) is 1. The van der Waals surface area contributed by atoms with Crippen LogP contribution in [0.2, 0.25) is 0 Å². The molecular weight excluding hydrogens is 365 g/mol. The average Bonchev–Trinajstić information content (AvgIpc) is 2.71. The minimum atomic E-state index is -0.400. The summed E-state index contributed by atoms with van der Waals surface area (Å²) in [6, 6.07) is 4.93. The minimum Gasteiger partial charge on any atom is -0.392 e. The van der Waals surface area contributed by atoms with Crippen molar-refractivity contribution in [2.45, 2.75) is 46.5 Å². The van der Waals surface area contributed by atoms with Crippen molar-refractivity contribution in [3.8, 4) is 0 Å². The normalized spacial score (nSPS) is 12.7. The summed E-state index contributed by atoms with van der Waals surface area (Å²) < 4.78 is 14.5. The summed E-state index contributed by atoms with van der Waals surface area (Å²) in [5.41, 5.74) is 2.21. The molecule has 5 heteroatoms. The van der Waals surface area contributed by atoms with Crippen LogP contribution in [0, 0.1) is 24.1 Å². The Morgan fingerprint density at radius 3 is 2.69 bits per heavy atom. The summed E-state index contributed by atoms with van der Waals surface area (Å²) in [6.07, 6.45) is 9.40. The molecule has 0 saturated carbocycles. The van der Waals surface area contributed by atoms with Crippen LogP contribution in [0.3, 0.4) is 0 Å². The SMILES string of the molecule is C=CC(C=C/C=C(\C)NC)C(=O)CCC(=N)N(CCCC)c1c(C)cccc1F. The van der Waals surface area contributed by atoms with Crippen LogP contribution in [0.25, 0.3) is 0 Å². The van der Waals surface area contributed by atoms with Crippen LogP contribution in [-0.2, 0) is 4.79 Å². The number of para-hydroxylation sites is 1. The molecule has 0 aromatic heterocycles. The van der Waals surface area contributed by atoms with Gasteiger partial charge < -0.3 is 10.2 Å². The lowest BCUT2D eigenvalue weighted by Crippen LogP contribution is -2.33. The molecule has 0 fully saturated rings. The predicted molar refractivity (Wildman–Crippen MR) is 121 cm³/mol. The van der Waals surface area contributed by atoms with E-state index in [1.54, 1.807) is 23.1 Å². The average molecular weight is 400 g/mol. The molecular formula is C24H34FN3O. The van der Waals surface area contributed by atoms with E-state index >= 15 is 0 Å². The predicted octanol–water partition coefficient (Wildman–Crippen LogP) is 5.55. The Bertz CT molecular complexity index is 747. The highest BCUT2D eigenvalue weighted by atomic mass is 19.1. The van der Waals surface area contributed by atoms with Crippen LogP contribution >= 0.6 is 0 Å². The van der Waals surface area contributed by atoms with E-state index in [2.05, 4.69) is 18.8 Å². The fourth-order valence-electron chi connectivity index (χ4n) is 2.93. The van der Waals surface area contributed by atoms with Crippen molar-refractivity contribution in [3.05, 3.63) is 66.2 Å². The van der Waals surface area contributed by atoms with E-state index in [-0.39, 0.29) is 30.3 Å². The molecule has 29 heavy (non-hydrogen) atoms. The molecule has 0 spiro atoms. The van der Waals surface area contributed by atoms with Gasteiger partial charge in [-0.05, 0) is 38.0 Å². The molecule has 0 saturated heterocycles. The number of ketones is 1. The maximum absolute atomic E-state index is 14.5. The first-order valence-corrected chi connectivity index (χ1v) is 10.1. The van der Waals surface area contributed by atoms with E-state index in [4.69, 9.17) is 5.41 Å². The first-order valence-electron chi connectivity index (χ1n) is 10.1. The van der Waals surface area contributed by atoms with Crippen molar-refractivity contribution in [1.29, 1.82) is 5.41 Å². The lowest BCUT2D eigenvalue weighted by Gasteiger charge is -2.27. The van der Waals surface area contributed by atoms with Crippen LogP contribution in [-0.4, -0.2) is 25.2 Å². The fraction of sp³-hybridized carbons (Fsp3) is 0.417. The molecule has 2 N–H and O–H groups in total. The zero-order valence-electron chi connectivity index (χ0n) is 18.1. The Morgan fingerprint density at radius 2 is 2.10 bits per heavy atom. The van der Waals surface area contributed by atoms with Gasteiger partial charge in [0.2, 0.25) is 0 Å². The zero-order valence-corrected chi connectivity index (χ0v) is 18.1. The van der Waals surface area contributed by atoms with E-state index in [0.29, 0.717) is 12.2 Å². The number of hydrogen-bond donors (Lipinski definition) is 2. The third kappa shape index (κ3) is 7.68. The third-order valence-corrected chi connectivity index (χ3v) is 4.81. The number of anilines is 1. The van der Waals surface area contributed by atoms with Crippen LogP contribution in [0.4, 0.5) is 10.1 Å². The number of benzene rings is 1. The van der Waals surface area contributed by atoms with E-state index < -0.39 is 5.92 Å². The molecule has 0 amide bonds. The van der Waals surface area contributed by atoms with Gasteiger partial charge in [-0.2, -0.15) is 0 Å². The van der Waals surface area contributed by atoms with Gasteiger partial charge in [0.15, 0.2) is 0 Å².